The van der Waals surface area contributed by atoms with Gasteiger partial charge in [-0.1, -0.05) is 11.6 Å². The molecule has 0 aromatic heterocycles. The number of hydrogen-bond acceptors (Lipinski definition) is 7. The van der Waals surface area contributed by atoms with Gasteiger partial charge in [-0.15, -0.1) is 0 Å². The van der Waals surface area contributed by atoms with Crippen LogP contribution in [-0.4, -0.2) is 35.9 Å². The highest BCUT2D eigenvalue weighted by molar-refractivity contribution is 5.79. The van der Waals surface area contributed by atoms with Crippen LogP contribution in [0.1, 0.15) is 37.4 Å². The summed E-state index contributed by atoms with van der Waals surface area (Å²) in [7, 11) is 0. The lowest BCUT2D eigenvalue weighted by Crippen LogP contribution is -2.65. The van der Waals surface area contributed by atoms with Crippen molar-refractivity contribution in [3.8, 4) is 12.1 Å². The zero-order valence-electron chi connectivity index (χ0n) is 16.2. The van der Waals surface area contributed by atoms with Gasteiger partial charge in [0.05, 0.1) is 30.2 Å². The molecule has 5 N–H and O–H groups in total. The Morgan fingerprint density at radius 2 is 2.21 bits per heavy atom. The predicted octanol–water partition coefficient (Wildman–Crippen LogP) is 0.488. The molecule has 4 unspecified atom stereocenters. The average Bonchev–Trinajstić information content (AvgIpc) is 2.70. The number of aliphatic hydroxyl groups excluding tert-OH is 1. The number of carbonyl (C=O) groups is 1. The molecule has 9 heteroatoms. The first-order valence-electron chi connectivity index (χ1n) is 9.36. The molecule has 1 amide bonds. The molecule has 2 heterocycles. The second kappa shape index (κ2) is 8.68. The van der Waals surface area contributed by atoms with Crippen LogP contribution in [0.2, 0.25) is 0 Å². The van der Waals surface area contributed by atoms with E-state index in [2.05, 4.69) is 27.6 Å². The van der Waals surface area contributed by atoms with Crippen molar-refractivity contribution in [3.05, 3.63) is 46.3 Å². The molecule has 1 fully saturated rings. The van der Waals surface area contributed by atoms with Gasteiger partial charge in [0.25, 0.3) is 0 Å². The number of nitrogens with one attached hydrogen (secondary N) is 4. The number of hydrazine groups is 1. The van der Waals surface area contributed by atoms with Gasteiger partial charge in [0.2, 0.25) is 5.91 Å². The molecule has 0 radical (unpaired) electrons. The molecular formula is C20H23FN6O2. The van der Waals surface area contributed by atoms with Crippen LogP contribution in [0, 0.1) is 34.4 Å². The van der Waals surface area contributed by atoms with E-state index in [9.17, 15) is 19.6 Å². The number of carbonyl (C=O) groups excluding carboxylic acids is 1. The number of hydrogen-bond donors (Lipinski definition) is 5. The highest BCUT2D eigenvalue weighted by Gasteiger charge is 2.41. The highest BCUT2D eigenvalue weighted by atomic mass is 19.1. The summed E-state index contributed by atoms with van der Waals surface area (Å²) < 4.78 is 14.2. The number of nitrogens with zero attached hydrogens (tertiary/aromatic N) is 2. The highest BCUT2D eigenvalue weighted by Crippen LogP contribution is 2.31. The van der Waals surface area contributed by atoms with E-state index in [-0.39, 0.29) is 35.4 Å². The van der Waals surface area contributed by atoms with Crippen molar-refractivity contribution >= 4 is 5.91 Å². The van der Waals surface area contributed by atoms with Gasteiger partial charge in [0.1, 0.15) is 18.1 Å². The third kappa shape index (κ3) is 4.29. The Labute approximate surface area is 168 Å². The predicted molar refractivity (Wildman–Crippen MR) is 102 cm³/mol. The van der Waals surface area contributed by atoms with Crippen molar-refractivity contribution in [1.82, 2.24) is 21.5 Å². The minimum atomic E-state index is -0.997. The molecule has 0 saturated carbocycles. The zero-order valence-corrected chi connectivity index (χ0v) is 16.2. The number of benzene rings is 1. The first-order chi connectivity index (χ1) is 13.8. The van der Waals surface area contributed by atoms with Crippen LogP contribution >= 0.6 is 0 Å². The van der Waals surface area contributed by atoms with Gasteiger partial charge in [-0.3, -0.25) is 15.5 Å². The van der Waals surface area contributed by atoms with Crippen LogP contribution in [0.25, 0.3) is 0 Å². The molecule has 1 saturated heterocycles. The minimum Gasteiger partial charge on any atom is -0.375 e. The molecule has 0 aliphatic carbocycles. The Hall–Kier alpha value is -2.82. The molecule has 1 aromatic rings. The van der Waals surface area contributed by atoms with Crippen LogP contribution in [0.5, 0.6) is 0 Å². The smallest absolute Gasteiger partial charge is 0.224 e. The van der Waals surface area contributed by atoms with E-state index in [0.29, 0.717) is 12.1 Å². The number of halogens is 1. The Morgan fingerprint density at radius 3 is 2.86 bits per heavy atom. The Bertz CT molecular complexity index is 919. The van der Waals surface area contributed by atoms with Crippen LogP contribution < -0.4 is 21.5 Å². The van der Waals surface area contributed by atoms with Crippen LogP contribution in [0.15, 0.2) is 29.3 Å². The number of aliphatic hydroxyl groups is 1. The fourth-order valence-electron chi connectivity index (χ4n) is 4.02. The van der Waals surface area contributed by atoms with Gasteiger partial charge in [-0.05, 0) is 31.6 Å². The lowest BCUT2D eigenvalue weighted by Gasteiger charge is -2.43. The average molecular weight is 398 g/mol. The molecule has 0 bridgehead atoms. The maximum atomic E-state index is 14.2. The summed E-state index contributed by atoms with van der Waals surface area (Å²) in [4.78, 5) is 12.6. The molecule has 152 valence electrons. The molecule has 8 nitrogen and oxygen atoms in total. The van der Waals surface area contributed by atoms with Crippen molar-refractivity contribution in [2.24, 2.45) is 5.92 Å². The minimum absolute atomic E-state index is 0.0724. The van der Waals surface area contributed by atoms with Crippen molar-refractivity contribution in [2.45, 2.75) is 44.6 Å². The largest absolute Gasteiger partial charge is 0.375 e. The van der Waals surface area contributed by atoms with E-state index >= 15 is 0 Å². The van der Waals surface area contributed by atoms with Crippen molar-refractivity contribution in [1.29, 1.82) is 10.5 Å². The normalized spacial score (nSPS) is 27.4. The summed E-state index contributed by atoms with van der Waals surface area (Å²) in [5.74, 6) is -1.11. The molecule has 1 aromatic carbocycles. The van der Waals surface area contributed by atoms with Crippen LogP contribution in [0.4, 0.5) is 4.39 Å². The van der Waals surface area contributed by atoms with E-state index in [4.69, 9.17) is 5.26 Å². The van der Waals surface area contributed by atoms with Gasteiger partial charge >= 0.3 is 0 Å². The van der Waals surface area contributed by atoms with Crippen molar-refractivity contribution < 1.29 is 14.3 Å². The van der Waals surface area contributed by atoms with E-state index in [1.807, 2.05) is 13.0 Å². The molecule has 2 aliphatic heterocycles. The van der Waals surface area contributed by atoms with Gasteiger partial charge in [0, 0.05) is 24.1 Å². The number of amides is 1. The van der Waals surface area contributed by atoms with Crippen molar-refractivity contribution in [3.63, 3.8) is 0 Å². The van der Waals surface area contributed by atoms with E-state index in [1.54, 1.807) is 6.92 Å². The zero-order chi connectivity index (χ0) is 21.1. The lowest BCUT2D eigenvalue weighted by atomic mass is 9.78. The number of fused-ring (bicyclic) bond motifs is 1. The van der Waals surface area contributed by atoms with Gasteiger partial charge in [0.15, 0.2) is 0 Å². The monoisotopic (exact) mass is 398 g/mol. The third-order valence-electron chi connectivity index (χ3n) is 5.54. The lowest BCUT2D eigenvalue weighted by molar-refractivity contribution is -0.121. The van der Waals surface area contributed by atoms with Gasteiger partial charge in [-0.2, -0.15) is 10.5 Å². The second-order valence-corrected chi connectivity index (χ2v) is 7.36. The first-order valence-corrected chi connectivity index (χ1v) is 9.36. The SMILES string of the molecule is CC1=C(CC(=O)N[C@H](C)c2ccc(C#N)cc2F)C(O)NC2CNNC(C#N)C12. The Balaban J connectivity index is 1.74. The van der Waals surface area contributed by atoms with Gasteiger partial charge < -0.3 is 10.4 Å². The van der Waals surface area contributed by atoms with E-state index in [0.717, 1.165) is 11.6 Å². The van der Waals surface area contributed by atoms with Crippen molar-refractivity contribution in [2.75, 3.05) is 6.54 Å². The van der Waals surface area contributed by atoms with E-state index < -0.39 is 24.1 Å². The van der Waals surface area contributed by atoms with E-state index in [1.165, 1.54) is 12.1 Å². The summed E-state index contributed by atoms with van der Waals surface area (Å²) in [6.07, 6.45) is -1.07. The quantitative estimate of drug-likeness (QED) is 0.466. The molecular weight excluding hydrogens is 375 g/mol. The number of rotatable bonds is 4. The Kier molecular flexibility index (Phi) is 6.26. The summed E-state index contributed by atoms with van der Waals surface area (Å²) in [6, 6.07) is 6.94. The number of nitriles is 2. The third-order valence-corrected chi connectivity index (χ3v) is 5.54. The standard InChI is InChI=1S/C20H23FN6O2/c1-10-14(20(29)26-17-9-24-27-16(8-23)19(10)17)6-18(28)25-11(2)13-4-3-12(7-22)5-15(13)21/h3-5,11,16-17,19-20,24,26-27,29H,6,9H2,1-2H3,(H,25,28)/t11-,16?,17?,19?,20?/m1/s1. The first kappa shape index (κ1) is 20.9. The Morgan fingerprint density at radius 1 is 1.45 bits per heavy atom. The second-order valence-electron chi connectivity index (χ2n) is 7.36. The molecule has 29 heavy (non-hydrogen) atoms. The maximum Gasteiger partial charge on any atom is 0.224 e. The molecule has 0 spiro atoms. The summed E-state index contributed by atoms with van der Waals surface area (Å²) >= 11 is 0. The van der Waals surface area contributed by atoms with Crippen LogP contribution in [0.3, 0.4) is 0 Å². The molecule has 5 atom stereocenters. The molecule has 3 rings (SSSR count). The van der Waals surface area contributed by atoms with Gasteiger partial charge in [-0.25, -0.2) is 9.82 Å². The fraction of sp³-hybridized carbons (Fsp3) is 0.450. The summed E-state index contributed by atoms with van der Waals surface area (Å²) in [5, 5.41) is 34.5. The fourth-order valence-corrected chi connectivity index (χ4v) is 4.02. The summed E-state index contributed by atoms with van der Waals surface area (Å²) in [5.41, 5.74) is 7.66. The topological polar surface area (TPSA) is 133 Å². The maximum absolute atomic E-state index is 14.2. The van der Waals surface area contributed by atoms with Crippen LogP contribution in [-0.2, 0) is 4.79 Å². The summed E-state index contributed by atoms with van der Waals surface area (Å²) in [6.45, 7) is 4.01. The molecule has 2 aliphatic rings.